The lowest BCUT2D eigenvalue weighted by atomic mass is 9.96. The molecule has 4 heteroatoms. The molecule has 3 nitrogen and oxygen atoms in total. The molecule has 0 aromatic rings. The van der Waals surface area contributed by atoms with Crippen molar-refractivity contribution in [2.75, 3.05) is 6.61 Å². The van der Waals surface area contributed by atoms with Gasteiger partial charge in [0.2, 0.25) is 0 Å². The van der Waals surface area contributed by atoms with Gasteiger partial charge < -0.3 is 14.6 Å². The standard InChI is InChI=1S/C8H15BO3/c1-5(2)11-6-3-8(9)12-7(6)4-10/h5-8,10H,3-4H2,1-2H3/t6?,7-,8-/m1/s1. The number of aliphatic hydroxyl groups excluding tert-OH is 1. The lowest BCUT2D eigenvalue weighted by Gasteiger charge is -2.19. The van der Waals surface area contributed by atoms with Gasteiger partial charge >= 0.3 is 0 Å². The van der Waals surface area contributed by atoms with Gasteiger partial charge in [0.05, 0.1) is 18.8 Å². The zero-order chi connectivity index (χ0) is 9.14. The van der Waals surface area contributed by atoms with Crippen molar-refractivity contribution in [3.05, 3.63) is 0 Å². The molecule has 1 saturated heterocycles. The van der Waals surface area contributed by atoms with Crippen molar-refractivity contribution in [2.45, 2.75) is 44.6 Å². The number of hydrogen-bond donors (Lipinski definition) is 1. The molecule has 1 unspecified atom stereocenters. The summed E-state index contributed by atoms with van der Waals surface area (Å²) in [7, 11) is 5.55. The number of ether oxygens (including phenoxy) is 2. The molecule has 68 valence electrons. The minimum atomic E-state index is -0.286. The first-order chi connectivity index (χ1) is 5.63. The lowest BCUT2D eigenvalue weighted by Crippen LogP contribution is -2.29. The van der Waals surface area contributed by atoms with Gasteiger partial charge in [-0.1, -0.05) is 0 Å². The summed E-state index contributed by atoms with van der Waals surface area (Å²) in [5.41, 5.74) is 0. The molecule has 2 radical (unpaired) electrons. The van der Waals surface area contributed by atoms with E-state index in [9.17, 15) is 0 Å². The Morgan fingerprint density at radius 3 is 2.83 bits per heavy atom. The molecule has 0 aliphatic carbocycles. The van der Waals surface area contributed by atoms with E-state index in [2.05, 4.69) is 0 Å². The Morgan fingerprint density at radius 2 is 2.33 bits per heavy atom. The van der Waals surface area contributed by atoms with Gasteiger partial charge in [-0.05, 0) is 20.3 Å². The van der Waals surface area contributed by atoms with Crippen LogP contribution in [-0.2, 0) is 9.47 Å². The Kier molecular flexibility index (Phi) is 3.56. The van der Waals surface area contributed by atoms with Gasteiger partial charge in [0.25, 0.3) is 0 Å². The average molecular weight is 170 g/mol. The molecule has 0 spiro atoms. The first kappa shape index (κ1) is 10.0. The van der Waals surface area contributed by atoms with E-state index < -0.39 is 0 Å². The molecule has 1 rings (SSSR count). The molecule has 3 atom stereocenters. The smallest absolute Gasteiger partial charge is 0.109 e. The molecule has 0 aromatic carbocycles. The Hall–Kier alpha value is -0.0551. The largest absolute Gasteiger partial charge is 0.394 e. The van der Waals surface area contributed by atoms with E-state index in [1.807, 2.05) is 13.8 Å². The van der Waals surface area contributed by atoms with Crippen LogP contribution in [-0.4, -0.2) is 43.9 Å². The predicted molar refractivity (Wildman–Crippen MR) is 46.1 cm³/mol. The van der Waals surface area contributed by atoms with Gasteiger partial charge in [0.1, 0.15) is 14.0 Å². The van der Waals surface area contributed by atoms with Crippen molar-refractivity contribution < 1.29 is 14.6 Å². The second-order valence-electron chi connectivity index (χ2n) is 3.35. The summed E-state index contributed by atoms with van der Waals surface area (Å²) >= 11 is 0. The van der Waals surface area contributed by atoms with Crippen LogP contribution in [0, 0.1) is 0 Å². The van der Waals surface area contributed by atoms with E-state index in [0.29, 0.717) is 6.42 Å². The molecule has 1 fully saturated rings. The third-order valence-electron chi connectivity index (χ3n) is 1.86. The minimum Gasteiger partial charge on any atom is -0.394 e. The first-order valence-electron chi connectivity index (χ1n) is 4.31. The molecular weight excluding hydrogens is 155 g/mol. The van der Waals surface area contributed by atoms with Crippen molar-refractivity contribution in [3.8, 4) is 0 Å². The van der Waals surface area contributed by atoms with Crippen LogP contribution in [0.1, 0.15) is 20.3 Å². The fourth-order valence-corrected chi connectivity index (χ4v) is 1.40. The summed E-state index contributed by atoms with van der Waals surface area (Å²) in [6.45, 7) is 3.89. The summed E-state index contributed by atoms with van der Waals surface area (Å²) in [4.78, 5) is 0. The van der Waals surface area contributed by atoms with Gasteiger partial charge in [-0.2, -0.15) is 0 Å². The van der Waals surface area contributed by atoms with Gasteiger partial charge in [-0.3, -0.25) is 0 Å². The van der Waals surface area contributed by atoms with Crippen LogP contribution in [0.25, 0.3) is 0 Å². The second-order valence-corrected chi connectivity index (χ2v) is 3.35. The van der Waals surface area contributed by atoms with Crippen molar-refractivity contribution in [3.63, 3.8) is 0 Å². The number of rotatable bonds is 3. The van der Waals surface area contributed by atoms with E-state index in [0.717, 1.165) is 0 Å². The fraction of sp³-hybridized carbons (Fsp3) is 1.00. The highest BCUT2D eigenvalue weighted by atomic mass is 16.6. The molecule has 0 amide bonds. The van der Waals surface area contributed by atoms with E-state index >= 15 is 0 Å². The van der Waals surface area contributed by atoms with Crippen LogP contribution >= 0.6 is 0 Å². The summed E-state index contributed by atoms with van der Waals surface area (Å²) in [5, 5.41) is 8.91. The molecule has 1 heterocycles. The van der Waals surface area contributed by atoms with Crippen LogP contribution < -0.4 is 0 Å². The van der Waals surface area contributed by atoms with Crippen molar-refractivity contribution in [1.29, 1.82) is 0 Å². The molecule has 12 heavy (non-hydrogen) atoms. The van der Waals surface area contributed by atoms with Crippen LogP contribution in [0.15, 0.2) is 0 Å². The molecule has 1 aliphatic rings. The van der Waals surface area contributed by atoms with Crippen molar-refractivity contribution >= 4 is 7.85 Å². The van der Waals surface area contributed by atoms with Gasteiger partial charge in [-0.25, -0.2) is 0 Å². The van der Waals surface area contributed by atoms with Crippen LogP contribution in [0.4, 0.5) is 0 Å². The monoisotopic (exact) mass is 170 g/mol. The van der Waals surface area contributed by atoms with Crippen molar-refractivity contribution in [2.24, 2.45) is 0 Å². The van der Waals surface area contributed by atoms with E-state index in [1.54, 1.807) is 0 Å². The summed E-state index contributed by atoms with van der Waals surface area (Å²) in [6, 6.07) is -0.286. The predicted octanol–water partition coefficient (Wildman–Crippen LogP) is 0.0558. The zero-order valence-corrected chi connectivity index (χ0v) is 7.56. The van der Waals surface area contributed by atoms with E-state index in [4.69, 9.17) is 22.4 Å². The topological polar surface area (TPSA) is 38.7 Å². The molecular formula is C8H15BO3. The highest BCUT2D eigenvalue weighted by molar-refractivity contribution is 6.11. The maximum Gasteiger partial charge on any atom is 0.109 e. The molecule has 0 aromatic heterocycles. The first-order valence-corrected chi connectivity index (χ1v) is 4.31. The summed E-state index contributed by atoms with van der Waals surface area (Å²) in [5.74, 6) is 0. The second kappa shape index (κ2) is 4.26. The maximum absolute atomic E-state index is 8.91. The molecule has 0 saturated carbocycles. The normalized spacial score (nSPS) is 36.2. The lowest BCUT2D eigenvalue weighted by molar-refractivity contribution is -0.0581. The zero-order valence-electron chi connectivity index (χ0n) is 7.56. The highest BCUT2D eigenvalue weighted by Gasteiger charge is 2.33. The Morgan fingerprint density at radius 1 is 1.67 bits per heavy atom. The number of hydrogen-bond acceptors (Lipinski definition) is 3. The summed E-state index contributed by atoms with van der Waals surface area (Å²) in [6.07, 6.45) is 0.522. The summed E-state index contributed by atoms with van der Waals surface area (Å²) < 4.78 is 10.7. The fourth-order valence-electron chi connectivity index (χ4n) is 1.40. The Balaban J connectivity index is 2.40. The maximum atomic E-state index is 8.91. The third-order valence-corrected chi connectivity index (χ3v) is 1.86. The Bertz CT molecular complexity index is 140. The van der Waals surface area contributed by atoms with E-state index in [-0.39, 0.29) is 30.9 Å². The average Bonchev–Trinajstić information content (AvgIpc) is 2.29. The Labute approximate surface area is 74.5 Å². The van der Waals surface area contributed by atoms with Crippen LogP contribution in [0.3, 0.4) is 0 Å². The third kappa shape index (κ3) is 2.47. The molecule has 0 bridgehead atoms. The van der Waals surface area contributed by atoms with E-state index in [1.165, 1.54) is 0 Å². The van der Waals surface area contributed by atoms with Crippen LogP contribution in [0.2, 0.25) is 0 Å². The quantitative estimate of drug-likeness (QED) is 0.608. The van der Waals surface area contributed by atoms with Gasteiger partial charge in [-0.15, -0.1) is 0 Å². The molecule has 1 N–H and O–H groups in total. The number of aliphatic hydroxyl groups is 1. The highest BCUT2D eigenvalue weighted by Crippen LogP contribution is 2.22. The van der Waals surface area contributed by atoms with Crippen molar-refractivity contribution in [1.82, 2.24) is 0 Å². The minimum absolute atomic E-state index is 0.0227. The van der Waals surface area contributed by atoms with Crippen LogP contribution in [0.5, 0.6) is 0 Å². The van der Waals surface area contributed by atoms with Gasteiger partial charge in [0, 0.05) is 6.00 Å². The molecule has 1 aliphatic heterocycles. The van der Waals surface area contributed by atoms with Gasteiger partial charge in [0.15, 0.2) is 0 Å². The SMILES string of the molecule is [B][C@H]1CC(OC(C)C)[C@@H](CO)O1.